The van der Waals surface area contributed by atoms with E-state index in [-0.39, 0.29) is 50.4 Å². The molecule has 0 amide bonds. The highest BCUT2D eigenvalue weighted by Crippen LogP contribution is 2.12. The van der Waals surface area contributed by atoms with Gasteiger partial charge < -0.3 is 14.2 Å². The van der Waals surface area contributed by atoms with E-state index < -0.39 is 6.10 Å². The lowest BCUT2D eigenvalue weighted by atomic mass is 10.1. The molecular weight excluding hydrogens is 901 g/mol. The number of unbranched alkanes of at least 4 members (excludes halogenated alkanes) is 10. The summed E-state index contributed by atoms with van der Waals surface area (Å²) in [5.74, 6) is -1.11. The van der Waals surface area contributed by atoms with E-state index in [0.29, 0.717) is 12.8 Å². The average molecular weight is 1000 g/mol. The van der Waals surface area contributed by atoms with E-state index in [9.17, 15) is 14.4 Å². The van der Waals surface area contributed by atoms with Gasteiger partial charge in [-0.15, -0.1) is 0 Å². The molecule has 0 spiro atoms. The van der Waals surface area contributed by atoms with Gasteiger partial charge in [0, 0.05) is 19.3 Å². The second-order valence-electron chi connectivity index (χ2n) is 18.1. The molecule has 73 heavy (non-hydrogen) atoms. The Kier molecular flexibility index (Phi) is 55.1. The summed E-state index contributed by atoms with van der Waals surface area (Å²) < 4.78 is 16.7. The predicted octanol–water partition coefficient (Wildman–Crippen LogP) is 19.5. The first-order valence-electron chi connectivity index (χ1n) is 28.6. The molecule has 0 aliphatic heterocycles. The molecule has 0 saturated heterocycles. The van der Waals surface area contributed by atoms with E-state index in [4.69, 9.17) is 14.2 Å². The van der Waals surface area contributed by atoms with Gasteiger partial charge in [-0.05, 0) is 135 Å². The van der Waals surface area contributed by atoms with Crippen LogP contribution in [-0.2, 0) is 28.6 Å². The van der Waals surface area contributed by atoms with Crippen LogP contribution in [-0.4, -0.2) is 37.2 Å². The number of allylic oxidation sites excluding steroid dienone is 28. The third kappa shape index (κ3) is 57.5. The highest BCUT2D eigenvalue weighted by molar-refractivity contribution is 5.71. The lowest BCUT2D eigenvalue weighted by Gasteiger charge is -2.18. The number of hydrogen-bond acceptors (Lipinski definition) is 6. The van der Waals surface area contributed by atoms with Crippen LogP contribution in [0.15, 0.2) is 170 Å². The van der Waals surface area contributed by atoms with Crippen molar-refractivity contribution in [1.29, 1.82) is 0 Å². The molecule has 0 aromatic carbocycles. The molecule has 0 saturated carbocycles. The average Bonchev–Trinajstić information content (AvgIpc) is 3.39. The highest BCUT2D eigenvalue weighted by atomic mass is 16.6. The molecule has 0 rings (SSSR count). The summed E-state index contributed by atoms with van der Waals surface area (Å²) >= 11 is 0. The number of rotatable bonds is 49. The van der Waals surface area contributed by atoms with Gasteiger partial charge in [-0.2, -0.15) is 0 Å². The molecule has 0 radical (unpaired) electrons. The molecule has 1 atom stereocenters. The number of esters is 3. The van der Waals surface area contributed by atoms with Crippen molar-refractivity contribution in [1.82, 2.24) is 0 Å². The van der Waals surface area contributed by atoms with Crippen LogP contribution in [0, 0.1) is 0 Å². The lowest BCUT2D eigenvalue weighted by molar-refractivity contribution is -0.166. The van der Waals surface area contributed by atoms with E-state index in [1.54, 1.807) is 0 Å². The molecular formula is C67H102O6. The SMILES string of the molecule is CC/C=C\C/C=C\C/C=C\C/C=C\C/C=C\C/C=C\CCC(=O)OCC(COC(=O)CCC/C=C\C/C=C\C/C=C\C/C=C\C/C=C\CC)OC(=O)CCCCCCCC/C=C\C/C=C\C/C=C\CCCCC. The second-order valence-corrected chi connectivity index (χ2v) is 18.1. The molecule has 406 valence electrons. The third-order valence-electron chi connectivity index (χ3n) is 11.2. The molecule has 1 unspecified atom stereocenters. The maximum atomic E-state index is 12.9. The topological polar surface area (TPSA) is 78.9 Å². The first kappa shape index (κ1) is 67.8. The minimum absolute atomic E-state index is 0.145. The molecule has 0 N–H and O–H groups in total. The van der Waals surface area contributed by atoms with Crippen molar-refractivity contribution in [3.05, 3.63) is 170 Å². The van der Waals surface area contributed by atoms with Crippen LogP contribution in [0.1, 0.15) is 213 Å². The van der Waals surface area contributed by atoms with Crippen molar-refractivity contribution in [3.63, 3.8) is 0 Å². The van der Waals surface area contributed by atoms with E-state index in [1.807, 2.05) is 12.2 Å². The van der Waals surface area contributed by atoms with E-state index in [1.165, 1.54) is 38.5 Å². The Hall–Kier alpha value is -5.23. The second kappa shape index (κ2) is 59.3. The summed E-state index contributed by atoms with van der Waals surface area (Å²) in [6.07, 6.45) is 87.8. The molecule has 6 nitrogen and oxygen atoms in total. The Bertz CT molecular complexity index is 1720. The van der Waals surface area contributed by atoms with Gasteiger partial charge in [-0.1, -0.05) is 229 Å². The highest BCUT2D eigenvalue weighted by Gasteiger charge is 2.19. The number of carbonyl (C=O) groups excluding carboxylic acids is 3. The van der Waals surface area contributed by atoms with E-state index >= 15 is 0 Å². The van der Waals surface area contributed by atoms with Crippen LogP contribution in [0.3, 0.4) is 0 Å². The molecule has 0 bridgehead atoms. The molecule has 0 aromatic rings. The number of carbonyl (C=O) groups is 3. The van der Waals surface area contributed by atoms with Crippen molar-refractivity contribution in [2.75, 3.05) is 13.2 Å². The van der Waals surface area contributed by atoms with Crippen molar-refractivity contribution in [2.24, 2.45) is 0 Å². The quantitative estimate of drug-likeness (QED) is 0.0261. The minimum atomic E-state index is -0.849. The van der Waals surface area contributed by atoms with Gasteiger partial charge in [-0.25, -0.2) is 0 Å². The third-order valence-corrected chi connectivity index (χ3v) is 11.2. The minimum Gasteiger partial charge on any atom is -0.462 e. The van der Waals surface area contributed by atoms with Crippen molar-refractivity contribution in [3.8, 4) is 0 Å². The van der Waals surface area contributed by atoms with Gasteiger partial charge in [0.1, 0.15) is 13.2 Å². The first-order chi connectivity index (χ1) is 36.0. The van der Waals surface area contributed by atoms with Gasteiger partial charge >= 0.3 is 17.9 Å². The molecule has 0 aromatic heterocycles. The van der Waals surface area contributed by atoms with Gasteiger partial charge in [0.2, 0.25) is 0 Å². The van der Waals surface area contributed by atoms with Gasteiger partial charge in [0.25, 0.3) is 0 Å². The summed E-state index contributed by atoms with van der Waals surface area (Å²) in [5.41, 5.74) is 0. The zero-order chi connectivity index (χ0) is 52.9. The Morgan fingerprint density at radius 2 is 0.575 bits per heavy atom. The maximum absolute atomic E-state index is 12.9. The molecule has 0 aliphatic carbocycles. The maximum Gasteiger partial charge on any atom is 0.306 e. The largest absolute Gasteiger partial charge is 0.462 e. The number of ether oxygens (including phenoxy) is 3. The smallest absolute Gasteiger partial charge is 0.306 e. The fraction of sp³-hybridized carbons (Fsp3) is 0.537. The van der Waals surface area contributed by atoms with Crippen LogP contribution < -0.4 is 0 Å². The predicted molar refractivity (Wildman–Crippen MR) is 315 cm³/mol. The molecule has 6 heteroatoms. The molecule has 0 heterocycles. The van der Waals surface area contributed by atoms with Crippen LogP contribution in [0.2, 0.25) is 0 Å². The summed E-state index contributed by atoms with van der Waals surface area (Å²) in [6, 6.07) is 0. The van der Waals surface area contributed by atoms with Crippen molar-refractivity contribution in [2.45, 2.75) is 219 Å². The van der Waals surface area contributed by atoms with Crippen molar-refractivity contribution >= 4 is 17.9 Å². The summed E-state index contributed by atoms with van der Waals surface area (Å²) in [6.45, 7) is 6.24. The Morgan fingerprint density at radius 3 is 0.959 bits per heavy atom. The summed E-state index contributed by atoms with van der Waals surface area (Å²) in [5, 5.41) is 0. The monoisotopic (exact) mass is 1000 g/mol. The van der Waals surface area contributed by atoms with Crippen LogP contribution in [0.25, 0.3) is 0 Å². The number of hydrogen-bond donors (Lipinski definition) is 0. The van der Waals surface area contributed by atoms with Crippen LogP contribution in [0.5, 0.6) is 0 Å². The Labute approximate surface area is 447 Å². The zero-order valence-electron chi connectivity index (χ0n) is 46.3. The van der Waals surface area contributed by atoms with Crippen LogP contribution >= 0.6 is 0 Å². The van der Waals surface area contributed by atoms with E-state index in [0.717, 1.165) is 122 Å². The normalized spacial score (nSPS) is 13.4. The Morgan fingerprint density at radius 1 is 0.288 bits per heavy atom. The lowest BCUT2D eigenvalue weighted by Crippen LogP contribution is -2.30. The fourth-order valence-corrected chi connectivity index (χ4v) is 6.98. The van der Waals surface area contributed by atoms with E-state index in [2.05, 4.69) is 179 Å². The first-order valence-corrected chi connectivity index (χ1v) is 28.6. The standard InChI is InChI=1S/C67H102O6/c1-4-7-10-13-16-19-22-25-28-31-33-36-39-42-45-48-51-54-57-60-66(69)72-63-64(62-71-65(68)59-56-53-50-47-44-41-38-35-30-27-24-21-18-15-12-9-6-3)73-67(70)61-58-55-52-49-46-43-40-37-34-32-29-26-23-20-17-14-11-8-5-2/h7,9-10,12,16-21,25-30,33-34,36-38,41-42,45,47,50-51,54,64H,4-6,8,11,13-15,22-24,31-32,35,39-40,43-44,46,48-49,52-53,55-63H2,1-3H3/b10-7-,12-9-,19-16-,20-17-,21-18-,28-25-,29-26-,30-27-,36-33-,37-34-,41-38-,45-42-,50-47-,54-51-. The molecule has 0 fully saturated rings. The molecule has 0 aliphatic rings. The summed E-state index contributed by atoms with van der Waals surface area (Å²) in [7, 11) is 0. The zero-order valence-corrected chi connectivity index (χ0v) is 46.3. The van der Waals surface area contributed by atoms with Crippen LogP contribution in [0.4, 0.5) is 0 Å². The van der Waals surface area contributed by atoms with Crippen molar-refractivity contribution < 1.29 is 28.6 Å². The Balaban J connectivity index is 4.65. The van der Waals surface area contributed by atoms with Gasteiger partial charge in [-0.3, -0.25) is 14.4 Å². The van der Waals surface area contributed by atoms with Gasteiger partial charge in [0.05, 0.1) is 0 Å². The summed E-state index contributed by atoms with van der Waals surface area (Å²) in [4.78, 5) is 38.1. The fourth-order valence-electron chi connectivity index (χ4n) is 6.98. The van der Waals surface area contributed by atoms with Gasteiger partial charge in [0.15, 0.2) is 6.10 Å².